The molecular formula is C51H31N7. The van der Waals surface area contributed by atoms with Crippen LogP contribution >= 0.6 is 0 Å². The largest absolute Gasteiger partial charge is 0.254 e. The fourth-order valence-electron chi connectivity index (χ4n) is 7.65. The van der Waals surface area contributed by atoms with Gasteiger partial charge in [-0.15, -0.1) is 0 Å². The third kappa shape index (κ3) is 6.08. The van der Waals surface area contributed by atoms with Crippen LogP contribution in [0.25, 0.3) is 111 Å². The van der Waals surface area contributed by atoms with E-state index in [1.54, 1.807) is 0 Å². The smallest absolute Gasteiger partial charge is 0.182 e. The molecule has 270 valence electrons. The standard InChI is InChI=1S/C51H31N7/c1-3-9-35(10-4-1)49-56-50(36-11-5-2-6-12-36)58-51(57-49)45-26-21-34-19-20-38(31-46(34)55-45)37-22-24-44-39(29-37)23-25-43(54-44)33-17-15-32(16-18-33)42-30-40-13-7-27-52-47(40)48-41(42)14-8-28-53-48/h1-31H. The van der Waals surface area contributed by atoms with E-state index in [0.29, 0.717) is 23.2 Å². The summed E-state index contributed by atoms with van der Waals surface area (Å²) < 4.78 is 0. The summed E-state index contributed by atoms with van der Waals surface area (Å²) in [5.41, 5.74) is 12.5. The first-order valence-corrected chi connectivity index (χ1v) is 19.1. The Hall–Kier alpha value is -8.03. The van der Waals surface area contributed by atoms with Gasteiger partial charge in [0.25, 0.3) is 0 Å². The molecule has 0 spiro atoms. The summed E-state index contributed by atoms with van der Waals surface area (Å²) in [4.78, 5) is 34.1. The van der Waals surface area contributed by atoms with Crippen LogP contribution in [0.4, 0.5) is 0 Å². The minimum atomic E-state index is 0.527. The molecule has 11 aromatic rings. The summed E-state index contributed by atoms with van der Waals surface area (Å²) in [7, 11) is 0. The van der Waals surface area contributed by atoms with Gasteiger partial charge in [0.15, 0.2) is 17.5 Å². The van der Waals surface area contributed by atoms with E-state index in [9.17, 15) is 0 Å². The van der Waals surface area contributed by atoms with Crippen LogP contribution in [0.5, 0.6) is 0 Å². The molecule has 0 fully saturated rings. The lowest BCUT2D eigenvalue weighted by atomic mass is 9.96. The van der Waals surface area contributed by atoms with Gasteiger partial charge in [-0.05, 0) is 70.8 Å². The van der Waals surface area contributed by atoms with Crippen LogP contribution in [-0.2, 0) is 0 Å². The van der Waals surface area contributed by atoms with E-state index in [1.165, 1.54) is 0 Å². The van der Waals surface area contributed by atoms with E-state index in [0.717, 1.165) is 88.2 Å². The molecule has 0 saturated heterocycles. The first kappa shape index (κ1) is 33.3. The van der Waals surface area contributed by atoms with Crippen LogP contribution in [-0.4, -0.2) is 34.9 Å². The highest BCUT2D eigenvalue weighted by Gasteiger charge is 2.15. The molecule has 0 aliphatic rings. The Kier molecular flexibility index (Phi) is 8.00. The van der Waals surface area contributed by atoms with Gasteiger partial charge in [-0.2, -0.15) is 0 Å². The molecule has 0 unspecified atom stereocenters. The second-order valence-corrected chi connectivity index (χ2v) is 14.2. The van der Waals surface area contributed by atoms with Gasteiger partial charge in [0, 0.05) is 50.6 Å². The predicted octanol–water partition coefficient (Wildman–Crippen LogP) is 12.1. The lowest BCUT2D eigenvalue weighted by molar-refractivity contribution is 1.06. The van der Waals surface area contributed by atoms with Gasteiger partial charge >= 0.3 is 0 Å². The molecule has 0 saturated carbocycles. The average molecular weight is 742 g/mol. The van der Waals surface area contributed by atoms with Crippen molar-refractivity contribution in [3.63, 3.8) is 0 Å². The molecule has 7 heteroatoms. The summed E-state index contributed by atoms with van der Waals surface area (Å²) in [6, 6.07) is 60.1. The molecule has 6 aromatic carbocycles. The number of fused-ring (bicyclic) bond motifs is 5. The van der Waals surface area contributed by atoms with E-state index < -0.39 is 0 Å². The van der Waals surface area contributed by atoms with Crippen molar-refractivity contribution in [3.8, 4) is 67.8 Å². The number of rotatable bonds is 6. The molecule has 11 rings (SSSR count). The van der Waals surface area contributed by atoms with Crippen molar-refractivity contribution in [3.05, 3.63) is 188 Å². The zero-order valence-electron chi connectivity index (χ0n) is 31.0. The first-order chi connectivity index (χ1) is 28.7. The van der Waals surface area contributed by atoms with Crippen LogP contribution in [0.2, 0.25) is 0 Å². The Labute approximate surface area is 333 Å². The molecule has 5 aromatic heterocycles. The van der Waals surface area contributed by atoms with Crippen LogP contribution in [0.3, 0.4) is 0 Å². The van der Waals surface area contributed by atoms with Gasteiger partial charge in [0.05, 0.1) is 27.8 Å². The highest BCUT2D eigenvalue weighted by molar-refractivity contribution is 6.10. The van der Waals surface area contributed by atoms with Crippen molar-refractivity contribution in [1.29, 1.82) is 0 Å². The maximum absolute atomic E-state index is 5.09. The molecular weight excluding hydrogens is 711 g/mol. The molecule has 0 N–H and O–H groups in total. The lowest BCUT2D eigenvalue weighted by Crippen LogP contribution is -2.01. The van der Waals surface area contributed by atoms with Crippen molar-refractivity contribution in [2.75, 3.05) is 0 Å². The van der Waals surface area contributed by atoms with E-state index in [-0.39, 0.29) is 0 Å². The van der Waals surface area contributed by atoms with Crippen LogP contribution < -0.4 is 0 Å². The second-order valence-electron chi connectivity index (χ2n) is 14.2. The number of pyridine rings is 4. The van der Waals surface area contributed by atoms with Gasteiger partial charge in [0.1, 0.15) is 5.69 Å². The molecule has 0 aliphatic heterocycles. The molecule has 0 aliphatic carbocycles. The minimum Gasteiger partial charge on any atom is -0.254 e. The monoisotopic (exact) mass is 741 g/mol. The molecule has 7 nitrogen and oxygen atoms in total. The fraction of sp³-hybridized carbons (Fsp3) is 0. The zero-order valence-corrected chi connectivity index (χ0v) is 31.0. The Morgan fingerprint density at radius 1 is 0.293 bits per heavy atom. The van der Waals surface area contributed by atoms with Gasteiger partial charge in [-0.1, -0.05) is 127 Å². The van der Waals surface area contributed by atoms with Crippen molar-refractivity contribution in [2.45, 2.75) is 0 Å². The van der Waals surface area contributed by atoms with Crippen molar-refractivity contribution in [2.24, 2.45) is 0 Å². The molecule has 0 atom stereocenters. The van der Waals surface area contributed by atoms with Crippen molar-refractivity contribution < 1.29 is 0 Å². The van der Waals surface area contributed by atoms with Gasteiger partial charge in [-0.25, -0.2) is 24.9 Å². The summed E-state index contributed by atoms with van der Waals surface area (Å²) >= 11 is 0. The first-order valence-electron chi connectivity index (χ1n) is 19.1. The highest BCUT2D eigenvalue weighted by Crippen LogP contribution is 2.35. The SMILES string of the molecule is c1ccc(-c2nc(-c3ccccc3)nc(-c3ccc4ccc(-c5ccc6nc(-c7ccc(-c8cc9cccnc9c9ncccc89)cc7)ccc6c5)cc4n3)n2)cc1. The van der Waals surface area contributed by atoms with Crippen molar-refractivity contribution >= 4 is 43.6 Å². The number of hydrogen-bond donors (Lipinski definition) is 0. The molecule has 0 amide bonds. The van der Waals surface area contributed by atoms with E-state index in [2.05, 4.69) is 107 Å². The highest BCUT2D eigenvalue weighted by atomic mass is 15.0. The fourth-order valence-corrected chi connectivity index (χ4v) is 7.65. The molecule has 5 heterocycles. The maximum Gasteiger partial charge on any atom is 0.182 e. The third-order valence-corrected chi connectivity index (χ3v) is 10.6. The van der Waals surface area contributed by atoms with Crippen molar-refractivity contribution in [1.82, 2.24) is 34.9 Å². The van der Waals surface area contributed by atoms with Gasteiger partial charge < -0.3 is 0 Å². The Morgan fingerprint density at radius 3 is 1.66 bits per heavy atom. The van der Waals surface area contributed by atoms with Crippen LogP contribution in [0.15, 0.2) is 188 Å². The topological polar surface area (TPSA) is 90.2 Å². The number of nitrogens with zero attached hydrogens (tertiary/aromatic N) is 7. The summed E-state index contributed by atoms with van der Waals surface area (Å²) in [6.45, 7) is 0. The lowest BCUT2D eigenvalue weighted by Gasteiger charge is -2.11. The Balaban J connectivity index is 0.903. The maximum atomic E-state index is 5.09. The molecule has 0 radical (unpaired) electrons. The number of aromatic nitrogens is 7. The van der Waals surface area contributed by atoms with Gasteiger partial charge in [-0.3, -0.25) is 9.97 Å². The third-order valence-electron chi connectivity index (χ3n) is 10.6. The minimum absolute atomic E-state index is 0.527. The summed E-state index contributed by atoms with van der Waals surface area (Å²) in [5, 5.41) is 4.26. The normalized spacial score (nSPS) is 11.4. The zero-order chi connectivity index (χ0) is 38.4. The number of benzene rings is 6. The average Bonchev–Trinajstić information content (AvgIpc) is 3.31. The molecule has 58 heavy (non-hydrogen) atoms. The van der Waals surface area contributed by atoms with Gasteiger partial charge in [0.2, 0.25) is 0 Å². The van der Waals surface area contributed by atoms with E-state index in [1.807, 2.05) is 91.3 Å². The summed E-state index contributed by atoms with van der Waals surface area (Å²) in [5.74, 6) is 1.74. The van der Waals surface area contributed by atoms with E-state index >= 15 is 0 Å². The number of hydrogen-bond acceptors (Lipinski definition) is 7. The molecule has 0 bridgehead atoms. The van der Waals surface area contributed by atoms with E-state index in [4.69, 9.17) is 24.9 Å². The van der Waals surface area contributed by atoms with Crippen LogP contribution in [0.1, 0.15) is 0 Å². The Bertz CT molecular complexity index is 3270. The predicted molar refractivity (Wildman–Crippen MR) is 234 cm³/mol. The van der Waals surface area contributed by atoms with Crippen LogP contribution in [0, 0.1) is 0 Å². The summed E-state index contributed by atoms with van der Waals surface area (Å²) in [6.07, 6.45) is 3.65. The Morgan fingerprint density at radius 2 is 0.879 bits per heavy atom. The quantitative estimate of drug-likeness (QED) is 0.157. The second kappa shape index (κ2) is 13.9.